The van der Waals surface area contributed by atoms with Gasteiger partial charge < -0.3 is 5.32 Å². The summed E-state index contributed by atoms with van der Waals surface area (Å²) in [6.45, 7) is 1.40. The van der Waals surface area contributed by atoms with Crippen molar-refractivity contribution in [3.05, 3.63) is 90.1 Å². The van der Waals surface area contributed by atoms with Gasteiger partial charge in [-0.05, 0) is 48.9 Å². The summed E-state index contributed by atoms with van der Waals surface area (Å²) in [5, 5.41) is 5.85. The van der Waals surface area contributed by atoms with Crippen LogP contribution in [0.5, 0.6) is 0 Å². The van der Waals surface area contributed by atoms with Crippen LogP contribution < -0.4 is 10.7 Å². The molecule has 0 saturated carbocycles. The average Bonchev–Trinajstić information content (AvgIpc) is 2.95. The molecule has 212 valence electrons. The number of hydrogen-bond donors (Lipinski definition) is 2. The fourth-order valence-electron chi connectivity index (χ4n) is 3.62. The highest BCUT2D eigenvalue weighted by molar-refractivity contribution is 6.08. The molecular formula is C27H18F7N5O2. The number of rotatable bonds is 7. The molecule has 4 aromatic rings. The molecule has 14 heteroatoms. The van der Waals surface area contributed by atoms with Gasteiger partial charge in [-0.1, -0.05) is 36.4 Å². The molecule has 41 heavy (non-hydrogen) atoms. The molecule has 0 radical (unpaired) electrons. The van der Waals surface area contributed by atoms with Crippen LogP contribution >= 0.6 is 0 Å². The van der Waals surface area contributed by atoms with Gasteiger partial charge in [-0.3, -0.25) is 14.6 Å². The normalized spacial score (nSPS) is 12.7. The number of fused-ring (bicyclic) bond motifs is 1. The number of halogens is 7. The lowest BCUT2D eigenvalue weighted by Gasteiger charge is -2.27. The third-order valence-electron chi connectivity index (χ3n) is 5.79. The van der Waals surface area contributed by atoms with Crippen LogP contribution in [0.3, 0.4) is 0 Å². The van der Waals surface area contributed by atoms with E-state index >= 15 is 0 Å². The van der Waals surface area contributed by atoms with Crippen LogP contribution in [0.25, 0.3) is 22.3 Å². The molecule has 0 fully saturated rings. The summed E-state index contributed by atoms with van der Waals surface area (Å²) >= 11 is 0. The van der Waals surface area contributed by atoms with Crippen molar-refractivity contribution in [2.24, 2.45) is 5.10 Å². The summed E-state index contributed by atoms with van der Waals surface area (Å²) in [7, 11) is 0. The Hall–Kier alpha value is -4.88. The Morgan fingerprint density at radius 2 is 1.54 bits per heavy atom. The summed E-state index contributed by atoms with van der Waals surface area (Å²) in [6, 6.07) is 18.2. The molecule has 2 aromatic carbocycles. The predicted molar refractivity (Wildman–Crippen MR) is 136 cm³/mol. The molecular weight excluding hydrogens is 559 g/mol. The number of para-hydroxylation sites is 1. The maximum Gasteiger partial charge on any atom is 0.460 e. The van der Waals surface area contributed by atoms with E-state index in [1.807, 2.05) is 0 Å². The summed E-state index contributed by atoms with van der Waals surface area (Å²) in [5.74, 6) is -16.2. The minimum atomic E-state index is -6.66. The monoisotopic (exact) mass is 577 g/mol. The molecule has 0 saturated heterocycles. The molecule has 4 rings (SSSR count). The van der Waals surface area contributed by atoms with E-state index in [0.717, 1.165) is 12.1 Å². The highest BCUT2D eigenvalue weighted by Gasteiger charge is 2.76. The molecule has 0 bridgehead atoms. The topological polar surface area (TPSA) is 96.3 Å². The minimum Gasteiger partial charge on any atom is -0.321 e. The molecule has 0 atom stereocenters. The maximum atomic E-state index is 13.7. The van der Waals surface area contributed by atoms with E-state index in [9.17, 15) is 40.3 Å². The van der Waals surface area contributed by atoms with Gasteiger partial charge in [0.1, 0.15) is 0 Å². The molecule has 2 amide bonds. The quantitative estimate of drug-likeness (QED) is 0.155. The molecule has 0 aliphatic heterocycles. The number of hydrogen-bond acceptors (Lipinski definition) is 5. The lowest BCUT2D eigenvalue weighted by Crippen LogP contribution is -2.57. The van der Waals surface area contributed by atoms with E-state index in [1.165, 1.54) is 30.4 Å². The van der Waals surface area contributed by atoms with Crippen LogP contribution in [0.4, 0.5) is 36.4 Å². The lowest BCUT2D eigenvalue weighted by molar-refractivity contribution is -0.343. The number of alkyl halides is 7. The van der Waals surface area contributed by atoms with Crippen molar-refractivity contribution in [3.63, 3.8) is 0 Å². The first-order chi connectivity index (χ1) is 19.2. The van der Waals surface area contributed by atoms with Gasteiger partial charge in [0.25, 0.3) is 5.91 Å². The van der Waals surface area contributed by atoms with Gasteiger partial charge in [-0.25, -0.2) is 10.4 Å². The van der Waals surface area contributed by atoms with E-state index in [4.69, 9.17) is 0 Å². The molecule has 0 unspecified atom stereocenters. The Bertz CT molecular complexity index is 1640. The summed E-state index contributed by atoms with van der Waals surface area (Å²) in [5.41, 5.74) is 3.73. The Morgan fingerprint density at radius 1 is 0.829 bits per heavy atom. The maximum absolute atomic E-state index is 13.7. The van der Waals surface area contributed by atoms with E-state index in [-0.39, 0.29) is 16.8 Å². The molecule has 2 N–H and O–H groups in total. The summed E-state index contributed by atoms with van der Waals surface area (Å²) in [4.78, 5) is 33.6. The number of anilines is 1. The van der Waals surface area contributed by atoms with E-state index in [0.29, 0.717) is 22.3 Å². The number of nitrogens with one attached hydrogen (secondary N) is 2. The fraction of sp³-hybridized carbons (Fsp3) is 0.148. The number of hydrazone groups is 1. The third-order valence-corrected chi connectivity index (χ3v) is 5.79. The number of amides is 2. The number of aromatic nitrogens is 2. The van der Waals surface area contributed by atoms with E-state index < -0.39 is 35.5 Å². The van der Waals surface area contributed by atoms with Crippen LogP contribution in [0.1, 0.15) is 22.8 Å². The van der Waals surface area contributed by atoms with Gasteiger partial charge in [0.15, 0.2) is 0 Å². The first kappa shape index (κ1) is 29.1. The van der Waals surface area contributed by atoms with Gasteiger partial charge in [0.05, 0.1) is 28.2 Å². The molecule has 7 nitrogen and oxygen atoms in total. The second kappa shape index (κ2) is 10.9. The zero-order valence-corrected chi connectivity index (χ0v) is 20.8. The number of carbonyl (C=O) groups is 2. The fourth-order valence-corrected chi connectivity index (χ4v) is 3.62. The van der Waals surface area contributed by atoms with Crippen molar-refractivity contribution in [2.75, 3.05) is 5.32 Å². The summed E-state index contributed by atoms with van der Waals surface area (Å²) in [6.07, 6.45) is -5.09. The third kappa shape index (κ3) is 5.85. The molecule has 0 spiro atoms. The Kier molecular flexibility index (Phi) is 7.77. The lowest BCUT2D eigenvalue weighted by atomic mass is 10.1. The van der Waals surface area contributed by atoms with Gasteiger partial charge in [0.2, 0.25) is 0 Å². The molecule has 0 aliphatic rings. The van der Waals surface area contributed by atoms with Crippen LogP contribution in [-0.2, 0) is 4.79 Å². The summed E-state index contributed by atoms with van der Waals surface area (Å²) < 4.78 is 91.0. The van der Waals surface area contributed by atoms with Crippen LogP contribution in [0, 0.1) is 0 Å². The average molecular weight is 577 g/mol. The number of benzene rings is 2. The first-order valence-corrected chi connectivity index (χ1v) is 11.6. The standard InChI is InChI=1S/C27H18F7N5O2/c1-15(16-7-6-8-17(13-16)36-24(41)25(28,29)26(30,31)27(32,33)34)38-39-23(40)19-14-22(21-11-4-5-12-35-21)37-20-10-3-2-9-18(19)20/h2-14H,1H3,(H,36,41)(H,39,40)/b38-15-. The van der Waals surface area contributed by atoms with Gasteiger partial charge in [-0.15, -0.1) is 0 Å². The minimum absolute atomic E-state index is 0.0881. The van der Waals surface area contributed by atoms with Crippen LogP contribution in [-0.4, -0.2) is 45.5 Å². The van der Waals surface area contributed by atoms with Crippen molar-refractivity contribution in [1.82, 2.24) is 15.4 Å². The van der Waals surface area contributed by atoms with Crippen LogP contribution in [0.2, 0.25) is 0 Å². The smallest absolute Gasteiger partial charge is 0.321 e. The Balaban J connectivity index is 1.56. The highest BCUT2D eigenvalue weighted by atomic mass is 19.4. The molecule has 2 aromatic heterocycles. The zero-order chi connectivity index (χ0) is 30.0. The van der Waals surface area contributed by atoms with E-state index in [1.54, 1.807) is 48.7 Å². The number of pyridine rings is 2. The van der Waals surface area contributed by atoms with Crippen molar-refractivity contribution in [1.29, 1.82) is 0 Å². The van der Waals surface area contributed by atoms with Crippen molar-refractivity contribution in [3.8, 4) is 11.4 Å². The largest absolute Gasteiger partial charge is 0.460 e. The van der Waals surface area contributed by atoms with Crippen molar-refractivity contribution >= 4 is 34.1 Å². The van der Waals surface area contributed by atoms with Gasteiger partial charge in [-0.2, -0.15) is 35.8 Å². The van der Waals surface area contributed by atoms with Crippen LogP contribution in [0.15, 0.2) is 84.1 Å². The van der Waals surface area contributed by atoms with E-state index in [2.05, 4.69) is 20.5 Å². The van der Waals surface area contributed by atoms with Crippen molar-refractivity contribution < 1.29 is 40.3 Å². The first-order valence-electron chi connectivity index (χ1n) is 11.6. The zero-order valence-electron chi connectivity index (χ0n) is 20.8. The predicted octanol–water partition coefficient (Wildman–Crippen LogP) is 6.22. The number of nitrogens with zero attached hydrogens (tertiary/aromatic N) is 3. The molecule has 0 aliphatic carbocycles. The highest BCUT2D eigenvalue weighted by Crippen LogP contribution is 2.46. The Labute approximate surface area is 227 Å². The van der Waals surface area contributed by atoms with Gasteiger partial charge >= 0.3 is 23.9 Å². The second-order valence-corrected chi connectivity index (χ2v) is 8.61. The second-order valence-electron chi connectivity index (χ2n) is 8.61. The Morgan fingerprint density at radius 3 is 2.22 bits per heavy atom. The van der Waals surface area contributed by atoms with Gasteiger partial charge in [0, 0.05) is 17.3 Å². The number of carbonyl (C=O) groups excluding carboxylic acids is 2. The SMILES string of the molecule is C/C(=N/NC(=O)c1cc(-c2ccccn2)nc2ccccc12)c1cccc(NC(=O)C(F)(F)C(F)(F)C(F)(F)F)c1. The molecule has 2 heterocycles. The van der Waals surface area contributed by atoms with Crippen molar-refractivity contribution in [2.45, 2.75) is 24.9 Å².